The summed E-state index contributed by atoms with van der Waals surface area (Å²) in [7, 11) is 1.56. The Morgan fingerprint density at radius 3 is 3.08 bits per heavy atom. The minimum Gasteiger partial charge on any atom is -0.492 e. The largest absolute Gasteiger partial charge is 0.492 e. The van der Waals surface area contributed by atoms with Crippen molar-refractivity contribution in [3.05, 3.63) is 29.8 Å². The third-order valence-electron chi connectivity index (χ3n) is 2.00. The molecule has 1 aliphatic heterocycles. The van der Waals surface area contributed by atoms with Gasteiger partial charge in [0, 0.05) is 12.0 Å². The molecule has 1 aliphatic rings. The fourth-order valence-electron chi connectivity index (χ4n) is 1.43. The molecule has 0 saturated carbocycles. The number of hydrogen-bond donors (Lipinski definition) is 0. The van der Waals surface area contributed by atoms with Crippen molar-refractivity contribution in [1.29, 1.82) is 0 Å². The molecule has 1 heterocycles. The second-order valence-electron chi connectivity index (χ2n) is 2.82. The first-order valence-corrected chi connectivity index (χ1v) is 4.24. The lowest BCUT2D eigenvalue weighted by Gasteiger charge is -2.17. The molecule has 68 valence electrons. The summed E-state index contributed by atoms with van der Waals surface area (Å²) in [6, 6.07) is 7.86. The SMILES string of the molecule is CO/N=C1\CCOc2ccccc21. The van der Waals surface area contributed by atoms with Gasteiger partial charge in [-0.15, -0.1) is 0 Å². The lowest BCUT2D eigenvalue weighted by atomic mass is 10.0. The topological polar surface area (TPSA) is 30.8 Å². The molecule has 1 aromatic rings. The average Bonchev–Trinajstić information content (AvgIpc) is 2.19. The van der Waals surface area contributed by atoms with Crippen LogP contribution in [0.2, 0.25) is 0 Å². The van der Waals surface area contributed by atoms with Crippen LogP contribution in [-0.4, -0.2) is 19.4 Å². The second-order valence-corrected chi connectivity index (χ2v) is 2.82. The number of para-hydroxylation sites is 1. The zero-order chi connectivity index (χ0) is 9.10. The van der Waals surface area contributed by atoms with Gasteiger partial charge in [-0.3, -0.25) is 0 Å². The van der Waals surface area contributed by atoms with Gasteiger partial charge in [0.05, 0.1) is 12.3 Å². The number of oxime groups is 1. The average molecular weight is 177 g/mol. The Kier molecular flexibility index (Phi) is 2.17. The second kappa shape index (κ2) is 3.47. The first-order valence-electron chi connectivity index (χ1n) is 4.24. The van der Waals surface area contributed by atoms with Gasteiger partial charge < -0.3 is 9.57 Å². The normalized spacial score (nSPS) is 17.8. The molecule has 0 unspecified atom stereocenters. The smallest absolute Gasteiger partial charge is 0.128 e. The fraction of sp³-hybridized carbons (Fsp3) is 0.300. The maximum Gasteiger partial charge on any atom is 0.128 e. The summed E-state index contributed by atoms with van der Waals surface area (Å²) in [5, 5.41) is 3.96. The van der Waals surface area contributed by atoms with Crippen LogP contribution in [0.15, 0.2) is 29.4 Å². The van der Waals surface area contributed by atoms with Crippen molar-refractivity contribution in [1.82, 2.24) is 0 Å². The predicted octanol–water partition coefficient (Wildman–Crippen LogP) is 1.82. The van der Waals surface area contributed by atoms with Crippen molar-refractivity contribution in [2.75, 3.05) is 13.7 Å². The number of rotatable bonds is 1. The number of ether oxygens (including phenoxy) is 1. The third-order valence-corrected chi connectivity index (χ3v) is 2.00. The summed E-state index contributed by atoms with van der Waals surface area (Å²) in [4.78, 5) is 4.77. The van der Waals surface area contributed by atoms with Gasteiger partial charge in [-0.2, -0.15) is 0 Å². The highest BCUT2D eigenvalue weighted by Crippen LogP contribution is 2.24. The van der Waals surface area contributed by atoms with E-state index in [0.717, 1.165) is 23.4 Å². The molecule has 3 heteroatoms. The molecule has 3 nitrogen and oxygen atoms in total. The monoisotopic (exact) mass is 177 g/mol. The van der Waals surface area contributed by atoms with E-state index in [1.807, 2.05) is 24.3 Å². The number of nitrogens with zero attached hydrogens (tertiary/aromatic N) is 1. The zero-order valence-electron chi connectivity index (χ0n) is 7.49. The molecule has 0 amide bonds. The Bertz CT molecular complexity index is 333. The Hall–Kier alpha value is -1.51. The molecule has 0 spiro atoms. The van der Waals surface area contributed by atoms with Crippen LogP contribution in [0.1, 0.15) is 12.0 Å². The first-order chi connectivity index (χ1) is 6.42. The van der Waals surface area contributed by atoms with Crippen LogP contribution < -0.4 is 4.74 Å². The summed E-state index contributed by atoms with van der Waals surface area (Å²) in [5.74, 6) is 0.893. The van der Waals surface area contributed by atoms with E-state index in [9.17, 15) is 0 Å². The van der Waals surface area contributed by atoms with E-state index in [2.05, 4.69) is 5.16 Å². The molecular weight excluding hydrogens is 166 g/mol. The van der Waals surface area contributed by atoms with E-state index in [1.165, 1.54) is 0 Å². The Morgan fingerprint density at radius 1 is 1.38 bits per heavy atom. The molecule has 0 aliphatic carbocycles. The molecule has 0 radical (unpaired) electrons. The maximum atomic E-state index is 5.46. The van der Waals surface area contributed by atoms with Crippen LogP contribution in [0.25, 0.3) is 0 Å². The predicted molar refractivity (Wildman–Crippen MR) is 50.1 cm³/mol. The molecule has 0 saturated heterocycles. The van der Waals surface area contributed by atoms with Crippen LogP contribution in [0.3, 0.4) is 0 Å². The van der Waals surface area contributed by atoms with E-state index < -0.39 is 0 Å². The van der Waals surface area contributed by atoms with Gasteiger partial charge in [-0.05, 0) is 12.1 Å². The van der Waals surface area contributed by atoms with Crippen molar-refractivity contribution in [3.63, 3.8) is 0 Å². The highest BCUT2D eigenvalue weighted by atomic mass is 16.6. The summed E-state index contributed by atoms with van der Waals surface area (Å²) < 4.78 is 5.46. The van der Waals surface area contributed by atoms with Gasteiger partial charge in [0.25, 0.3) is 0 Å². The Morgan fingerprint density at radius 2 is 2.23 bits per heavy atom. The van der Waals surface area contributed by atoms with Crippen LogP contribution in [-0.2, 0) is 4.84 Å². The lowest BCUT2D eigenvalue weighted by molar-refractivity contribution is 0.210. The molecule has 0 aromatic heterocycles. The molecule has 0 atom stereocenters. The summed E-state index contributed by atoms with van der Waals surface area (Å²) in [5.41, 5.74) is 2.00. The number of hydrogen-bond acceptors (Lipinski definition) is 3. The summed E-state index contributed by atoms with van der Waals surface area (Å²) in [6.07, 6.45) is 0.810. The van der Waals surface area contributed by atoms with E-state index in [1.54, 1.807) is 7.11 Å². The van der Waals surface area contributed by atoms with Crippen LogP contribution in [0, 0.1) is 0 Å². The van der Waals surface area contributed by atoms with Crippen LogP contribution >= 0.6 is 0 Å². The minimum absolute atomic E-state index is 0.680. The quantitative estimate of drug-likeness (QED) is 0.612. The fourth-order valence-corrected chi connectivity index (χ4v) is 1.43. The van der Waals surface area contributed by atoms with Gasteiger partial charge in [0.15, 0.2) is 0 Å². The van der Waals surface area contributed by atoms with E-state index in [4.69, 9.17) is 9.57 Å². The molecule has 0 N–H and O–H groups in total. The molecule has 2 rings (SSSR count). The third kappa shape index (κ3) is 1.49. The van der Waals surface area contributed by atoms with Crippen molar-refractivity contribution >= 4 is 5.71 Å². The van der Waals surface area contributed by atoms with Gasteiger partial charge in [-0.25, -0.2) is 0 Å². The molecule has 0 fully saturated rings. The van der Waals surface area contributed by atoms with E-state index in [0.29, 0.717) is 6.61 Å². The maximum absolute atomic E-state index is 5.46. The number of fused-ring (bicyclic) bond motifs is 1. The summed E-state index contributed by atoms with van der Waals surface area (Å²) >= 11 is 0. The Balaban J connectivity index is 2.42. The Labute approximate surface area is 77.0 Å². The molecular formula is C10H11NO2. The van der Waals surface area contributed by atoms with Crippen molar-refractivity contribution < 1.29 is 9.57 Å². The van der Waals surface area contributed by atoms with Gasteiger partial charge in [0.1, 0.15) is 12.9 Å². The zero-order valence-corrected chi connectivity index (χ0v) is 7.49. The van der Waals surface area contributed by atoms with E-state index in [-0.39, 0.29) is 0 Å². The standard InChI is InChI=1S/C10H11NO2/c1-12-11-9-6-7-13-10-5-3-2-4-8(9)10/h2-5H,6-7H2,1H3/b11-9+. The summed E-state index contributed by atoms with van der Waals surface area (Å²) in [6.45, 7) is 0.680. The highest BCUT2D eigenvalue weighted by molar-refractivity contribution is 6.03. The van der Waals surface area contributed by atoms with E-state index >= 15 is 0 Å². The lowest BCUT2D eigenvalue weighted by Crippen LogP contribution is -2.16. The van der Waals surface area contributed by atoms with Crippen LogP contribution in [0.5, 0.6) is 5.75 Å². The molecule has 1 aromatic carbocycles. The highest BCUT2D eigenvalue weighted by Gasteiger charge is 2.15. The molecule has 13 heavy (non-hydrogen) atoms. The van der Waals surface area contributed by atoms with Gasteiger partial charge in [0.2, 0.25) is 0 Å². The van der Waals surface area contributed by atoms with Crippen molar-refractivity contribution in [3.8, 4) is 5.75 Å². The van der Waals surface area contributed by atoms with Crippen molar-refractivity contribution in [2.45, 2.75) is 6.42 Å². The number of benzene rings is 1. The molecule has 0 bridgehead atoms. The van der Waals surface area contributed by atoms with Crippen LogP contribution in [0.4, 0.5) is 0 Å². The van der Waals surface area contributed by atoms with Gasteiger partial charge >= 0.3 is 0 Å². The van der Waals surface area contributed by atoms with Crippen molar-refractivity contribution in [2.24, 2.45) is 5.16 Å². The van der Waals surface area contributed by atoms with Gasteiger partial charge in [-0.1, -0.05) is 17.3 Å². The first kappa shape index (κ1) is 8.10. The minimum atomic E-state index is 0.680.